The zero-order chi connectivity index (χ0) is 46.1. The summed E-state index contributed by atoms with van der Waals surface area (Å²) in [5.74, 6) is -0.409. The summed E-state index contributed by atoms with van der Waals surface area (Å²) >= 11 is 0. The number of hydrogen-bond donors (Lipinski definition) is 3. The molecule has 2 aromatic carbocycles. The fraction of sp³-hybridized carbons (Fsp3) is 0.469. The number of aliphatic hydroxyl groups is 1. The number of hydrogen-bond acceptors (Lipinski definition) is 9. The Morgan fingerprint density at radius 1 is 0.841 bits per heavy atom. The first-order valence-electron chi connectivity index (χ1n) is 21.6. The Kier molecular flexibility index (Phi) is 15.7. The average Bonchev–Trinajstić information content (AvgIpc) is 3.56. The van der Waals surface area contributed by atoms with Gasteiger partial charge >= 0.3 is 18.2 Å². The Hall–Kier alpha value is -5.86. The van der Waals surface area contributed by atoms with Crippen molar-refractivity contribution in [2.24, 2.45) is 10.8 Å². The number of carbonyl (C=O) groups is 4. The Morgan fingerprint density at radius 2 is 1.52 bits per heavy atom. The van der Waals surface area contributed by atoms with Crippen molar-refractivity contribution in [3.63, 3.8) is 0 Å². The molecule has 4 aromatic rings. The molecule has 6 amide bonds. The Balaban J connectivity index is 1.41. The molecular weight excluding hydrogens is 797 g/mol. The van der Waals surface area contributed by atoms with Crippen molar-refractivity contribution in [3.05, 3.63) is 120 Å². The minimum Gasteiger partial charge on any atom is -0.452 e. The second-order valence-corrected chi connectivity index (χ2v) is 19.6. The standard InChI is InChI=1S/C49H66N8O6/c1-47(2,3)33-57(46(62)63-10)44(60)53-55(30-35-22-24-36(25-23-35)38-20-14-15-26-50-38)32-40(58)39(29-34-17-12-11-13-18-34)52-43(59)42(49(7,8)9)56-28-27-54(45(56)61)31-37-19-16-21-41(51-37)48(4,5)6/h11-26,39-40,42,58H,27-33H2,1-10H3,(H,52,59)(H,53,60). The lowest BCUT2D eigenvalue weighted by molar-refractivity contribution is -0.130. The molecule has 14 nitrogen and oxygen atoms in total. The maximum absolute atomic E-state index is 14.7. The third kappa shape index (κ3) is 13.6. The molecule has 338 valence electrons. The lowest BCUT2D eigenvalue weighted by Crippen LogP contribution is -2.60. The van der Waals surface area contributed by atoms with Gasteiger partial charge in [-0.3, -0.25) is 20.2 Å². The number of nitrogens with zero attached hydrogens (tertiary/aromatic N) is 6. The molecule has 5 rings (SSSR count). The van der Waals surface area contributed by atoms with Gasteiger partial charge in [0.15, 0.2) is 0 Å². The number of aromatic nitrogens is 2. The van der Waals surface area contributed by atoms with Gasteiger partial charge in [0.1, 0.15) is 6.04 Å². The monoisotopic (exact) mass is 863 g/mol. The molecule has 2 aromatic heterocycles. The zero-order valence-corrected chi connectivity index (χ0v) is 38.6. The van der Waals surface area contributed by atoms with Crippen LogP contribution in [0.3, 0.4) is 0 Å². The highest BCUT2D eigenvalue weighted by atomic mass is 16.5. The summed E-state index contributed by atoms with van der Waals surface area (Å²) in [6, 6.07) is 26.0. The van der Waals surface area contributed by atoms with Crippen LogP contribution in [-0.4, -0.2) is 110 Å². The van der Waals surface area contributed by atoms with Gasteiger partial charge in [0.2, 0.25) is 5.91 Å². The van der Waals surface area contributed by atoms with E-state index < -0.39 is 47.0 Å². The number of methoxy groups -OCH3 is 1. The lowest BCUT2D eigenvalue weighted by Gasteiger charge is -2.38. The number of pyridine rings is 2. The van der Waals surface area contributed by atoms with Crippen molar-refractivity contribution in [1.29, 1.82) is 0 Å². The van der Waals surface area contributed by atoms with Crippen LogP contribution in [0.15, 0.2) is 97.2 Å². The highest BCUT2D eigenvalue weighted by Crippen LogP contribution is 2.30. The molecule has 3 unspecified atom stereocenters. The van der Waals surface area contributed by atoms with Gasteiger partial charge in [-0.15, -0.1) is 0 Å². The summed E-state index contributed by atoms with van der Waals surface area (Å²) < 4.78 is 4.99. The van der Waals surface area contributed by atoms with Crippen molar-refractivity contribution in [2.75, 3.05) is 33.3 Å². The van der Waals surface area contributed by atoms with E-state index in [0.717, 1.165) is 38.7 Å². The molecule has 3 N–H and O–H groups in total. The zero-order valence-electron chi connectivity index (χ0n) is 38.6. The molecule has 14 heteroatoms. The first-order valence-corrected chi connectivity index (χ1v) is 21.6. The molecule has 0 spiro atoms. The number of ether oxygens (including phenoxy) is 1. The average molecular weight is 863 g/mol. The van der Waals surface area contributed by atoms with Gasteiger partial charge in [-0.25, -0.2) is 24.3 Å². The van der Waals surface area contributed by atoms with Crippen LogP contribution in [0.2, 0.25) is 0 Å². The predicted molar refractivity (Wildman–Crippen MR) is 244 cm³/mol. The number of hydrazine groups is 1. The van der Waals surface area contributed by atoms with Crippen LogP contribution in [0.25, 0.3) is 11.3 Å². The van der Waals surface area contributed by atoms with E-state index in [9.17, 15) is 24.3 Å². The fourth-order valence-electron chi connectivity index (χ4n) is 7.62. The predicted octanol–water partition coefficient (Wildman–Crippen LogP) is 7.42. The Labute approximate surface area is 373 Å². The molecule has 1 saturated heterocycles. The van der Waals surface area contributed by atoms with Crippen LogP contribution in [-0.2, 0) is 34.5 Å². The minimum absolute atomic E-state index is 0.0635. The van der Waals surface area contributed by atoms with E-state index in [-0.39, 0.29) is 37.5 Å². The highest BCUT2D eigenvalue weighted by molar-refractivity contribution is 5.91. The SMILES string of the molecule is COC(=O)N(CC(C)(C)C)C(=O)NN(Cc1ccc(-c2ccccn2)cc1)CC(O)C(Cc1ccccc1)NC(=O)C(N1CCN(Cc2cccc(C(C)(C)C)n2)C1=O)C(C)(C)C. The summed E-state index contributed by atoms with van der Waals surface area (Å²) in [4.78, 5) is 69.3. The van der Waals surface area contributed by atoms with Crippen LogP contribution in [0.1, 0.15) is 84.8 Å². The molecule has 0 radical (unpaired) electrons. The highest BCUT2D eigenvalue weighted by Gasteiger charge is 2.44. The molecular formula is C49H66N8O6. The van der Waals surface area contributed by atoms with Gasteiger partial charge in [-0.05, 0) is 52.6 Å². The minimum atomic E-state index is -1.25. The third-order valence-corrected chi connectivity index (χ3v) is 10.7. The molecule has 1 aliphatic heterocycles. The molecule has 1 fully saturated rings. The normalized spacial score (nSPS) is 14.9. The second-order valence-electron chi connectivity index (χ2n) is 19.6. The van der Waals surface area contributed by atoms with Crippen molar-refractivity contribution in [3.8, 4) is 11.3 Å². The number of aliphatic hydroxyl groups excluding tert-OH is 1. The molecule has 0 aliphatic carbocycles. The number of amides is 6. The lowest BCUT2D eigenvalue weighted by atomic mass is 9.84. The molecule has 3 heterocycles. The maximum atomic E-state index is 14.7. The number of nitrogens with one attached hydrogen (secondary N) is 2. The van der Waals surface area contributed by atoms with E-state index in [1.165, 1.54) is 12.1 Å². The second kappa shape index (κ2) is 20.5. The number of urea groups is 2. The van der Waals surface area contributed by atoms with E-state index in [2.05, 4.69) is 36.5 Å². The first-order chi connectivity index (χ1) is 29.6. The largest absolute Gasteiger partial charge is 0.452 e. The van der Waals surface area contributed by atoms with Crippen LogP contribution in [0.5, 0.6) is 0 Å². The molecule has 63 heavy (non-hydrogen) atoms. The summed E-state index contributed by atoms with van der Waals surface area (Å²) in [6.45, 7) is 18.9. The van der Waals surface area contributed by atoms with E-state index in [1.807, 2.05) is 133 Å². The van der Waals surface area contributed by atoms with Gasteiger partial charge in [0, 0.05) is 55.6 Å². The number of rotatable bonds is 15. The number of carbonyl (C=O) groups excluding carboxylic acids is 4. The van der Waals surface area contributed by atoms with Crippen LogP contribution in [0.4, 0.5) is 14.4 Å². The molecule has 0 saturated carbocycles. The van der Waals surface area contributed by atoms with Gasteiger partial charge < -0.3 is 25.0 Å². The number of benzene rings is 2. The van der Waals surface area contributed by atoms with Gasteiger partial charge in [0.25, 0.3) is 0 Å². The quantitative estimate of drug-likeness (QED) is 0.103. The number of imide groups is 1. The van der Waals surface area contributed by atoms with Crippen molar-refractivity contribution >= 4 is 24.1 Å². The van der Waals surface area contributed by atoms with Crippen molar-refractivity contribution < 1.29 is 29.0 Å². The summed E-state index contributed by atoms with van der Waals surface area (Å²) in [5, 5.41) is 16.9. The maximum Gasteiger partial charge on any atom is 0.417 e. The smallest absolute Gasteiger partial charge is 0.417 e. The van der Waals surface area contributed by atoms with Crippen molar-refractivity contribution in [1.82, 2.24) is 40.4 Å². The topological polar surface area (TPSA) is 161 Å². The third-order valence-electron chi connectivity index (χ3n) is 10.7. The van der Waals surface area contributed by atoms with Crippen molar-refractivity contribution in [2.45, 2.75) is 105 Å². The summed E-state index contributed by atoms with van der Waals surface area (Å²) in [5.41, 5.74) is 6.65. The fourth-order valence-corrected chi connectivity index (χ4v) is 7.62. The van der Waals surface area contributed by atoms with Gasteiger partial charge in [0.05, 0.1) is 37.2 Å². The van der Waals surface area contributed by atoms with Crippen LogP contribution >= 0.6 is 0 Å². The summed E-state index contributed by atoms with van der Waals surface area (Å²) in [6.07, 6.45) is -0.0946. The van der Waals surface area contributed by atoms with E-state index in [0.29, 0.717) is 19.6 Å². The molecule has 3 atom stereocenters. The Morgan fingerprint density at radius 3 is 2.13 bits per heavy atom. The Bertz CT molecular complexity index is 2150. The van der Waals surface area contributed by atoms with E-state index >= 15 is 0 Å². The first kappa shape index (κ1) is 48.2. The van der Waals surface area contributed by atoms with E-state index in [1.54, 1.807) is 16.0 Å². The molecule has 1 aliphatic rings. The van der Waals surface area contributed by atoms with Gasteiger partial charge in [-0.1, -0.05) is 129 Å². The van der Waals surface area contributed by atoms with Crippen LogP contribution < -0.4 is 10.7 Å². The summed E-state index contributed by atoms with van der Waals surface area (Å²) in [7, 11) is 1.22. The van der Waals surface area contributed by atoms with Gasteiger partial charge in [-0.2, -0.15) is 0 Å². The van der Waals surface area contributed by atoms with Crippen LogP contribution in [0, 0.1) is 10.8 Å². The van der Waals surface area contributed by atoms with E-state index in [4.69, 9.17) is 9.72 Å². The molecule has 0 bridgehead atoms.